The van der Waals surface area contributed by atoms with Crippen molar-refractivity contribution in [2.45, 2.75) is 108 Å². The molecule has 0 aromatic carbocycles. The first-order valence-corrected chi connectivity index (χ1v) is 22.3. The SMILES string of the molecule is CN1CCN(CC(=O)O)CCN(CC(=O)O)CCN(CC(=O)NCCCC[C@H](NC(=O)CCCCCCC(=O)NCCCC[C@H](NC(=O)N[C@@H](CCC(=O)O)C(=O)O)C(=O)O)C(=O)O)CC1. The highest BCUT2D eigenvalue weighted by atomic mass is 16.4. The van der Waals surface area contributed by atoms with Crippen LogP contribution in [-0.4, -0.2) is 220 Å². The van der Waals surface area contributed by atoms with Crippen LogP contribution in [0.2, 0.25) is 0 Å². The normalized spacial score (nSPS) is 16.0. The highest BCUT2D eigenvalue weighted by molar-refractivity contribution is 5.86. The quantitative estimate of drug-likeness (QED) is 0.0344. The Morgan fingerprint density at radius 3 is 1.24 bits per heavy atom. The molecule has 0 radical (unpaired) electrons. The summed E-state index contributed by atoms with van der Waals surface area (Å²) in [4.78, 5) is 125. The first-order valence-electron chi connectivity index (χ1n) is 22.3. The zero-order valence-corrected chi connectivity index (χ0v) is 37.9. The molecule has 0 unspecified atom stereocenters. The van der Waals surface area contributed by atoms with Crippen LogP contribution in [0.15, 0.2) is 0 Å². The van der Waals surface area contributed by atoms with Crippen LogP contribution in [0.4, 0.5) is 4.79 Å². The molecule has 3 atom stereocenters. The summed E-state index contributed by atoms with van der Waals surface area (Å²) < 4.78 is 0. The summed E-state index contributed by atoms with van der Waals surface area (Å²) in [6.45, 7) is 4.01. The molecule has 5 amide bonds. The van der Waals surface area contributed by atoms with Crippen molar-refractivity contribution in [3.05, 3.63) is 0 Å². The smallest absolute Gasteiger partial charge is 0.326 e. The van der Waals surface area contributed by atoms with Crippen molar-refractivity contribution in [2.75, 3.05) is 92.1 Å². The van der Waals surface area contributed by atoms with Crippen molar-refractivity contribution in [3.63, 3.8) is 0 Å². The number of carboxylic acids is 6. The van der Waals surface area contributed by atoms with Gasteiger partial charge < -0.3 is 62.1 Å². The van der Waals surface area contributed by atoms with E-state index in [0.717, 1.165) is 0 Å². The lowest BCUT2D eigenvalue weighted by Crippen LogP contribution is -2.51. The van der Waals surface area contributed by atoms with Gasteiger partial charge in [-0.05, 0) is 64.8 Å². The average molecular weight is 946 g/mol. The average Bonchev–Trinajstić information content (AvgIpc) is 3.22. The second-order valence-corrected chi connectivity index (χ2v) is 16.3. The van der Waals surface area contributed by atoms with E-state index in [0.29, 0.717) is 110 Å². The summed E-state index contributed by atoms with van der Waals surface area (Å²) in [7, 11) is 1.91. The number of carbonyl (C=O) groups excluding carboxylic acids is 4. The van der Waals surface area contributed by atoms with E-state index in [-0.39, 0.29) is 70.1 Å². The van der Waals surface area contributed by atoms with Gasteiger partial charge in [-0.25, -0.2) is 19.2 Å². The van der Waals surface area contributed by atoms with Gasteiger partial charge in [0.25, 0.3) is 0 Å². The van der Waals surface area contributed by atoms with Crippen molar-refractivity contribution < 1.29 is 78.6 Å². The zero-order valence-electron chi connectivity index (χ0n) is 37.9. The minimum Gasteiger partial charge on any atom is -0.481 e. The number of hydrogen-bond acceptors (Lipinski definition) is 14. The summed E-state index contributed by atoms with van der Waals surface area (Å²) in [5, 5.41) is 68.0. The number of amides is 5. The van der Waals surface area contributed by atoms with Gasteiger partial charge in [-0.3, -0.25) is 43.5 Å². The standard InChI is InChI=1S/C41H71N9O16/c1-47-18-20-48(22-23-50(28-37(58)59)25-24-49(21-19-47)27-36(56)57)26-34(53)43-17-9-6-10-29(38(60)61)44-33(52)13-5-3-2-4-12-32(51)42-16-8-7-11-30(39(62)63)45-41(66)46-31(40(64)65)14-15-35(54)55/h29-31H,2-28H2,1H3,(H,42,51)(H,43,53)(H,44,52)(H,54,55)(H,56,57)(H,58,59)(H,60,61)(H,62,63)(H,64,65)(H2,45,46,66)/t29-,30-,31-/m0/s1. The molecule has 25 nitrogen and oxygen atoms in total. The van der Waals surface area contributed by atoms with E-state index in [1.165, 1.54) is 0 Å². The van der Waals surface area contributed by atoms with E-state index in [1.807, 2.05) is 16.8 Å². The van der Waals surface area contributed by atoms with Crippen molar-refractivity contribution >= 4 is 59.6 Å². The highest BCUT2D eigenvalue weighted by Gasteiger charge is 2.25. The lowest BCUT2D eigenvalue weighted by molar-refractivity contribution is -0.142. The monoisotopic (exact) mass is 946 g/mol. The van der Waals surface area contributed by atoms with Gasteiger partial charge in [-0.2, -0.15) is 0 Å². The van der Waals surface area contributed by atoms with Crippen molar-refractivity contribution in [2.24, 2.45) is 0 Å². The van der Waals surface area contributed by atoms with Crippen LogP contribution in [0.5, 0.6) is 0 Å². The Hall–Kier alpha value is -5.66. The number of carbonyl (C=O) groups is 10. The van der Waals surface area contributed by atoms with Crippen molar-refractivity contribution in [3.8, 4) is 0 Å². The Bertz CT molecular complexity index is 1590. The molecule has 1 aliphatic rings. The Morgan fingerprint density at radius 2 is 0.803 bits per heavy atom. The van der Waals surface area contributed by atoms with Crippen LogP contribution in [0.3, 0.4) is 0 Å². The molecule has 0 aromatic heterocycles. The van der Waals surface area contributed by atoms with E-state index in [4.69, 9.17) is 10.2 Å². The molecule has 1 aliphatic heterocycles. The first kappa shape index (κ1) is 58.4. The third kappa shape index (κ3) is 29.7. The van der Waals surface area contributed by atoms with E-state index >= 15 is 0 Å². The van der Waals surface area contributed by atoms with Crippen LogP contribution >= 0.6 is 0 Å². The zero-order chi connectivity index (χ0) is 49.4. The Kier molecular flexibility index (Phi) is 29.9. The largest absolute Gasteiger partial charge is 0.481 e. The Labute approximate surface area is 384 Å². The maximum atomic E-state index is 12.9. The van der Waals surface area contributed by atoms with Crippen LogP contribution in [0.1, 0.15) is 89.9 Å². The molecule has 0 aliphatic carbocycles. The predicted octanol–water partition coefficient (Wildman–Crippen LogP) is -1.44. The molecular weight excluding hydrogens is 874 g/mol. The van der Waals surface area contributed by atoms with E-state index in [9.17, 15) is 68.4 Å². The molecule has 376 valence electrons. The molecule has 0 bridgehead atoms. The third-order valence-corrected chi connectivity index (χ3v) is 10.7. The van der Waals surface area contributed by atoms with Gasteiger partial charge in [0.2, 0.25) is 17.7 Å². The molecule has 1 saturated heterocycles. The van der Waals surface area contributed by atoms with Gasteiger partial charge in [-0.15, -0.1) is 0 Å². The number of nitrogens with zero attached hydrogens (tertiary/aromatic N) is 4. The fourth-order valence-corrected chi connectivity index (χ4v) is 6.83. The molecule has 25 heteroatoms. The van der Waals surface area contributed by atoms with E-state index in [1.54, 1.807) is 9.80 Å². The molecule has 0 saturated carbocycles. The number of likely N-dealkylation sites (N-methyl/N-ethyl adjacent to an activating group) is 1. The summed E-state index contributed by atoms with van der Waals surface area (Å²) in [6.07, 6.45) is 3.50. The molecule has 11 N–H and O–H groups in total. The molecule has 0 spiro atoms. The molecular formula is C41H71N9O16. The maximum absolute atomic E-state index is 12.9. The van der Waals surface area contributed by atoms with Crippen molar-refractivity contribution in [1.82, 2.24) is 46.2 Å². The molecule has 66 heavy (non-hydrogen) atoms. The minimum atomic E-state index is -1.52. The molecule has 1 fully saturated rings. The van der Waals surface area contributed by atoms with Crippen LogP contribution in [0.25, 0.3) is 0 Å². The summed E-state index contributed by atoms with van der Waals surface area (Å²) in [5.74, 6) is -8.07. The number of hydrogen-bond donors (Lipinski definition) is 11. The minimum absolute atomic E-state index is 0.00598. The lowest BCUT2D eigenvalue weighted by Gasteiger charge is -2.32. The van der Waals surface area contributed by atoms with E-state index in [2.05, 4.69) is 26.6 Å². The summed E-state index contributed by atoms with van der Waals surface area (Å²) in [5.41, 5.74) is 0. The third-order valence-electron chi connectivity index (χ3n) is 10.7. The molecule has 1 rings (SSSR count). The van der Waals surface area contributed by atoms with Gasteiger partial charge in [0.15, 0.2) is 0 Å². The topological polar surface area (TPSA) is 365 Å². The predicted molar refractivity (Wildman–Crippen MR) is 234 cm³/mol. The van der Waals surface area contributed by atoms with Gasteiger partial charge in [0, 0.05) is 84.7 Å². The fraction of sp³-hybridized carbons (Fsp3) is 0.756. The highest BCUT2D eigenvalue weighted by Crippen LogP contribution is 2.09. The number of urea groups is 1. The lowest BCUT2D eigenvalue weighted by atomic mass is 10.1. The Balaban J connectivity index is 2.31. The van der Waals surface area contributed by atoms with Gasteiger partial charge in [0.05, 0.1) is 19.6 Å². The first-order chi connectivity index (χ1) is 31.2. The number of rotatable bonds is 32. The fourth-order valence-electron chi connectivity index (χ4n) is 6.83. The number of unbranched alkanes of at least 4 members (excludes halogenated alkanes) is 5. The van der Waals surface area contributed by atoms with Crippen molar-refractivity contribution in [1.29, 1.82) is 0 Å². The summed E-state index contributed by atoms with van der Waals surface area (Å²) in [6, 6.07) is -5.02. The van der Waals surface area contributed by atoms with Gasteiger partial charge in [-0.1, -0.05) is 12.8 Å². The second kappa shape index (κ2) is 33.8. The van der Waals surface area contributed by atoms with Gasteiger partial charge in [0.1, 0.15) is 18.1 Å². The second-order valence-electron chi connectivity index (χ2n) is 16.3. The molecule has 1 heterocycles. The van der Waals surface area contributed by atoms with Crippen LogP contribution in [0, 0.1) is 0 Å². The van der Waals surface area contributed by atoms with E-state index < -0.39 is 72.3 Å². The number of aliphatic carboxylic acids is 6. The van der Waals surface area contributed by atoms with Gasteiger partial charge >= 0.3 is 41.8 Å². The summed E-state index contributed by atoms with van der Waals surface area (Å²) >= 11 is 0. The number of carboxylic acid groups (broad SMARTS) is 6. The molecule has 0 aromatic rings. The number of nitrogens with one attached hydrogen (secondary N) is 5. The van der Waals surface area contributed by atoms with Crippen LogP contribution < -0.4 is 26.6 Å². The Morgan fingerprint density at radius 1 is 0.409 bits per heavy atom. The maximum Gasteiger partial charge on any atom is 0.326 e. The van der Waals surface area contributed by atoms with Crippen LogP contribution in [-0.2, 0) is 43.2 Å².